The highest BCUT2D eigenvalue weighted by Gasteiger charge is 2.45. The van der Waals surface area contributed by atoms with Gasteiger partial charge in [0.1, 0.15) is 134 Å². The van der Waals surface area contributed by atoms with Crippen LogP contribution in [0.3, 0.4) is 0 Å². The molecule has 1 aliphatic rings. The van der Waals surface area contributed by atoms with Crippen LogP contribution in [0.4, 0.5) is 0 Å². The predicted molar refractivity (Wildman–Crippen MR) is 590 cm³/mol. The predicted octanol–water partition coefficient (Wildman–Crippen LogP) is 23.7. The molecule has 772 valence electrons. The zero-order chi connectivity index (χ0) is 106. The van der Waals surface area contributed by atoms with Gasteiger partial charge in [0, 0.05) is 142 Å². The normalized spacial score (nSPS) is 12.3. The van der Waals surface area contributed by atoms with Crippen molar-refractivity contribution in [2.75, 3.05) is 155 Å². The van der Waals surface area contributed by atoms with Crippen LogP contribution in [0, 0.1) is 0 Å². The molecule has 4 atom stereocenters. The Morgan fingerprint density at radius 1 is 0.361 bits per heavy atom. The lowest BCUT2D eigenvalue weighted by atomic mass is 9.80. The molecule has 1 unspecified atom stereocenters. The quantitative estimate of drug-likeness (QED) is 0.0141. The molecule has 144 heavy (non-hydrogen) atoms. The molecule has 0 heterocycles. The van der Waals surface area contributed by atoms with Crippen molar-refractivity contribution in [1.29, 1.82) is 0 Å². The van der Waals surface area contributed by atoms with E-state index >= 15 is 0 Å². The van der Waals surface area contributed by atoms with Gasteiger partial charge in [-0.3, -0.25) is 14.2 Å². The standard InChI is InChI=1S/2C26H28O6.C18H19BrO4.C13H20BrO5P.C9H10O3.C8H8O2.C8H10OS.S3.S2/c1-28-17-8-6-15(7-9-17)23-24(16-10-18(29-2)12-19(11-16)30-3)26(27)21-13-20(31-4)14-22(32-5)25(21)23;1-28-20-10-8-18(9-11-20)26(27)25-19(14-23(31-4)16-24(25)32-5)7-6-17-12-21(29-2)15-22(13-17)30-3;1-20-14-7-12(8-15(10-14)21-2)5-6-13-9-16(22-3)11-17(23-4)18(13)19;1-5-18-20(15,19-6-2)9-10-7-11(16-3)8-12(17-4)13(10)14;1-11-8-3-7(6-10)4-9(5-8)12-2;1-10-8-4-2-7(6-9)3-5-8;1-9-8-4-2-7(6-10)3-5-8;1-3-2;1-2/h6-14,23-24,26-27H,1-5H3;6-16,26-27H,1-5H3;5-11H,1-4H3;7-8H,5-6,9H2,1-4H3;3-6H,1-2H3;2-6H,1H3;2-5,10H,6H2,1H3;;/b;7-6+;6-5+;;;;;;/t23-,24-,26-;;;;;;;;/m0......../s1. The van der Waals surface area contributed by atoms with Gasteiger partial charge in [-0.15, -0.1) is 0 Å². The summed E-state index contributed by atoms with van der Waals surface area (Å²) in [5, 5.41) is 22.8. The molecule has 0 aromatic heterocycles. The third-order valence-electron chi connectivity index (χ3n) is 21.3. The zero-order valence-electron chi connectivity index (χ0n) is 84.2. The summed E-state index contributed by atoms with van der Waals surface area (Å²) >= 11 is 26.7. The zero-order valence-corrected chi connectivity index (χ0v) is 93.2. The first-order chi connectivity index (χ1) is 69.6. The number of halogens is 2. The lowest BCUT2D eigenvalue weighted by Gasteiger charge is -2.25. The number of aliphatic hydroxyl groups is 2. The number of ether oxygens (including phenoxy) is 20. The Hall–Kier alpha value is -12.1. The van der Waals surface area contributed by atoms with Crippen LogP contribution in [-0.4, -0.2) is 178 Å². The van der Waals surface area contributed by atoms with Gasteiger partial charge in [0.15, 0.2) is 0 Å². The molecule has 2 N–H and O–H groups in total. The second kappa shape index (κ2) is 66.1. The Morgan fingerprint density at radius 2 is 0.681 bits per heavy atom. The van der Waals surface area contributed by atoms with Gasteiger partial charge in [0.05, 0.1) is 177 Å². The minimum atomic E-state index is -3.17. The second-order valence-electron chi connectivity index (χ2n) is 29.5. The van der Waals surface area contributed by atoms with E-state index in [1.54, 1.807) is 217 Å². The van der Waals surface area contributed by atoms with Crippen molar-refractivity contribution in [1.82, 2.24) is 0 Å². The molecule has 13 rings (SSSR count). The van der Waals surface area contributed by atoms with Crippen molar-refractivity contribution in [3.8, 4) is 115 Å². The molecule has 0 amide bonds. The fourth-order valence-electron chi connectivity index (χ4n) is 14.2. The highest BCUT2D eigenvalue weighted by Crippen LogP contribution is 2.59. The summed E-state index contributed by atoms with van der Waals surface area (Å²) in [5.74, 6) is 14.1. The van der Waals surface area contributed by atoms with E-state index in [1.165, 1.54) is 5.56 Å². The van der Waals surface area contributed by atoms with Gasteiger partial charge in [0.25, 0.3) is 0 Å². The first-order valence-electron chi connectivity index (χ1n) is 43.6. The average molecular weight is 2240 g/mol. The maximum Gasteiger partial charge on any atom is 0.335 e. The molecule has 12 aromatic rings. The van der Waals surface area contributed by atoms with Crippen molar-refractivity contribution in [2.45, 2.75) is 49.8 Å². The Kier molecular flexibility index (Phi) is 56.2. The summed E-state index contributed by atoms with van der Waals surface area (Å²) in [6.45, 7) is 4.23. The van der Waals surface area contributed by atoms with E-state index in [-0.39, 0.29) is 18.0 Å². The van der Waals surface area contributed by atoms with E-state index in [4.69, 9.17) is 104 Å². The van der Waals surface area contributed by atoms with E-state index in [0.29, 0.717) is 110 Å². The number of rotatable bonds is 37. The number of aliphatic hydroxyl groups excluding tert-OH is 2. The number of carbonyl (C=O) groups excluding carboxylic acids is 2. The Labute approximate surface area is 889 Å². The molecule has 36 heteroatoms. The number of aldehydes is 2. The maximum absolute atomic E-state index is 12.6. The minimum absolute atomic E-state index is 0.156. The van der Waals surface area contributed by atoms with E-state index in [2.05, 4.69) is 89.2 Å². The second-order valence-corrected chi connectivity index (χ2v) is 35.3. The van der Waals surface area contributed by atoms with Gasteiger partial charge in [-0.05, 0) is 235 Å². The molecule has 0 fully saturated rings. The van der Waals surface area contributed by atoms with Gasteiger partial charge in [0.2, 0.25) is 0 Å². The molecule has 0 saturated heterocycles. The van der Waals surface area contributed by atoms with Gasteiger partial charge in [-0.1, -0.05) is 60.7 Å². The molecule has 0 bridgehead atoms. The van der Waals surface area contributed by atoms with Crippen molar-refractivity contribution >= 4 is 143 Å². The third-order valence-corrected chi connectivity index (χ3v) is 25.4. The molecule has 27 nitrogen and oxygen atoms in total. The monoisotopic (exact) mass is 2230 g/mol. The summed E-state index contributed by atoms with van der Waals surface area (Å²) in [5.41, 5.74) is 11.8. The summed E-state index contributed by atoms with van der Waals surface area (Å²) in [6.07, 6.45) is 7.80. The molecule has 1 aliphatic carbocycles. The average Bonchev–Trinajstić information content (AvgIpc) is 1.58. The van der Waals surface area contributed by atoms with Gasteiger partial charge in [-0.25, -0.2) is 0 Å². The fourth-order valence-corrected chi connectivity index (χ4v) is 17.4. The largest absolute Gasteiger partial charge is 0.497 e. The Balaban J connectivity index is 0.000000305. The summed E-state index contributed by atoms with van der Waals surface area (Å²) in [6, 6.07) is 66.7. The van der Waals surface area contributed by atoms with Crippen LogP contribution in [0.25, 0.3) is 24.3 Å². The van der Waals surface area contributed by atoms with E-state index < -0.39 is 19.8 Å². The molecular weight excluding hydrogens is 2110 g/mol. The van der Waals surface area contributed by atoms with E-state index in [0.717, 1.165) is 126 Å². The highest BCUT2D eigenvalue weighted by atomic mass is 79.9. The van der Waals surface area contributed by atoms with Gasteiger partial charge >= 0.3 is 7.60 Å². The van der Waals surface area contributed by atoms with Crippen molar-refractivity contribution < 1.29 is 128 Å². The van der Waals surface area contributed by atoms with Crippen molar-refractivity contribution in [2.24, 2.45) is 0 Å². The van der Waals surface area contributed by atoms with Crippen molar-refractivity contribution in [3.63, 3.8) is 0 Å². The lowest BCUT2D eigenvalue weighted by Crippen LogP contribution is -2.12. The van der Waals surface area contributed by atoms with E-state index in [1.807, 2.05) is 182 Å². The first-order valence-corrected chi connectivity index (χ1v) is 51.6. The van der Waals surface area contributed by atoms with Crippen LogP contribution in [0.15, 0.2) is 227 Å². The van der Waals surface area contributed by atoms with Crippen LogP contribution in [0.1, 0.15) is 125 Å². The Morgan fingerprint density at radius 3 is 1.06 bits per heavy atom. The first kappa shape index (κ1) is 122. The molecule has 12 aromatic carbocycles. The van der Waals surface area contributed by atoms with Crippen molar-refractivity contribution in [3.05, 3.63) is 305 Å². The summed E-state index contributed by atoms with van der Waals surface area (Å²) < 4.78 is 131. The van der Waals surface area contributed by atoms with Crippen LogP contribution < -0.4 is 94.7 Å². The summed E-state index contributed by atoms with van der Waals surface area (Å²) in [4.78, 5) is 20.6. The maximum atomic E-state index is 12.6. The molecule has 0 radical (unpaired) electrons. The topological polar surface area (TPSA) is 295 Å². The summed E-state index contributed by atoms with van der Waals surface area (Å²) in [7, 11) is 29.8. The lowest BCUT2D eigenvalue weighted by molar-refractivity contribution is 0.111. The van der Waals surface area contributed by atoms with Gasteiger partial charge < -0.3 is 114 Å². The number of methoxy groups -OCH3 is 20. The number of carbonyl (C=O) groups is 2. The SMILES string of the molecule is CCOP(=O)(Cc1cc(OC)cc(OC)c1Br)OCC.COc1cc(/C=C/c2cc(OC)cc(OC)c2Br)cc(OC)c1.COc1cc(C=O)cc(OC)c1.COc1ccc(C(O)c2c(/C=C/c3cc(OC)cc(OC)c3)cc(OC)cc2OC)cc1.COc1ccc(C=O)cc1.COc1ccc(CS)cc1.COc1ccc([C@@H]2c3c(OC)cc(OC)cc3[C@H](O)[C@H]2c2cc(OC)cc(OC)c2)cc1.S=S.S=S=S. The molecule has 0 aliphatic heterocycles. The number of thiol groups is 1. The smallest absolute Gasteiger partial charge is 0.335 e. The highest BCUT2D eigenvalue weighted by molar-refractivity contribution is 9.11. The molecule has 0 saturated carbocycles. The third kappa shape index (κ3) is 37.2. The number of hydrogen-bond donors (Lipinski definition) is 3. The fraction of sp³-hybridized carbons (Fsp3) is 0.278. The number of fused-ring (bicyclic) bond motifs is 1. The van der Waals surface area contributed by atoms with Gasteiger partial charge in [-0.2, -0.15) is 12.6 Å². The van der Waals surface area contributed by atoms with Crippen LogP contribution in [-0.2, 0) is 79.2 Å². The van der Waals surface area contributed by atoms with E-state index in [9.17, 15) is 24.4 Å². The minimum Gasteiger partial charge on any atom is -0.497 e. The number of benzene rings is 12. The van der Waals surface area contributed by atoms with Crippen LogP contribution in [0.2, 0.25) is 0 Å². The number of hydrogen-bond acceptors (Lipinski definition) is 32. The molecular formula is C108H123Br2O27PS6. The van der Waals surface area contributed by atoms with Crippen LogP contribution >= 0.6 is 52.1 Å². The molecule has 0 spiro atoms. The van der Waals surface area contributed by atoms with Crippen LogP contribution in [0.5, 0.6) is 115 Å². The Bertz CT molecular complexity index is 6000.